The first-order valence-electron chi connectivity index (χ1n) is 7.29. The molecule has 0 aromatic carbocycles. The molecule has 1 heterocycles. The molecule has 16 heavy (non-hydrogen) atoms. The minimum atomic E-state index is 0.735. The first-order valence-corrected chi connectivity index (χ1v) is 7.29. The Hall–Kier alpha value is -0.0800. The highest BCUT2D eigenvalue weighted by Gasteiger charge is 2.21. The first kappa shape index (κ1) is 14.0. The fourth-order valence-electron chi connectivity index (χ4n) is 2.88. The molecule has 0 spiro atoms. The van der Waals surface area contributed by atoms with Crippen molar-refractivity contribution in [1.29, 1.82) is 0 Å². The second-order valence-electron chi connectivity index (χ2n) is 5.14. The van der Waals surface area contributed by atoms with Gasteiger partial charge in [0.05, 0.1) is 0 Å². The standard InChI is InChI=1S/C14H30N2/c1-4-8-13-12-16(11-7-10-15-13)14(6-3)9-5-2/h13-15H,4-12H2,1-3H3. The van der Waals surface area contributed by atoms with E-state index in [1.807, 2.05) is 0 Å². The van der Waals surface area contributed by atoms with Gasteiger partial charge in [0.25, 0.3) is 0 Å². The molecule has 2 nitrogen and oxygen atoms in total. The van der Waals surface area contributed by atoms with Crippen LogP contribution in [0.25, 0.3) is 0 Å². The summed E-state index contributed by atoms with van der Waals surface area (Å²) in [5.41, 5.74) is 0. The number of hydrogen-bond acceptors (Lipinski definition) is 2. The average molecular weight is 226 g/mol. The third-order valence-corrected chi connectivity index (χ3v) is 3.76. The smallest absolute Gasteiger partial charge is 0.0195 e. The molecule has 2 heteroatoms. The van der Waals surface area contributed by atoms with Crippen LogP contribution < -0.4 is 5.32 Å². The van der Waals surface area contributed by atoms with E-state index in [0.717, 1.165) is 12.1 Å². The molecule has 1 aliphatic heterocycles. The van der Waals surface area contributed by atoms with Crippen molar-refractivity contribution in [2.75, 3.05) is 19.6 Å². The van der Waals surface area contributed by atoms with Crippen LogP contribution in [0.5, 0.6) is 0 Å². The highest BCUT2D eigenvalue weighted by molar-refractivity contribution is 4.80. The maximum Gasteiger partial charge on any atom is 0.0195 e. The van der Waals surface area contributed by atoms with Crippen molar-refractivity contribution in [2.24, 2.45) is 0 Å². The van der Waals surface area contributed by atoms with Crippen LogP contribution in [-0.2, 0) is 0 Å². The van der Waals surface area contributed by atoms with Gasteiger partial charge in [-0.15, -0.1) is 0 Å². The summed E-state index contributed by atoms with van der Waals surface area (Å²) in [4.78, 5) is 2.74. The maximum atomic E-state index is 3.69. The second kappa shape index (κ2) is 8.08. The molecule has 0 bridgehead atoms. The number of nitrogens with zero attached hydrogens (tertiary/aromatic N) is 1. The van der Waals surface area contributed by atoms with Gasteiger partial charge in [0.15, 0.2) is 0 Å². The molecular formula is C14H30N2. The zero-order valence-corrected chi connectivity index (χ0v) is 11.5. The van der Waals surface area contributed by atoms with Crippen molar-refractivity contribution in [3.63, 3.8) is 0 Å². The second-order valence-corrected chi connectivity index (χ2v) is 5.14. The van der Waals surface area contributed by atoms with Crippen molar-refractivity contribution in [3.05, 3.63) is 0 Å². The molecule has 96 valence electrons. The SMILES string of the molecule is CCCC1CN(C(CC)CCC)CCCN1. The van der Waals surface area contributed by atoms with E-state index in [0.29, 0.717) is 0 Å². The van der Waals surface area contributed by atoms with Crippen LogP contribution in [0, 0.1) is 0 Å². The van der Waals surface area contributed by atoms with E-state index in [-0.39, 0.29) is 0 Å². The summed E-state index contributed by atoms with van der Waals surface area (Å²) in [5.74, 6) is 0. The normalized spacial score (nSPS) is 25.3. The van der Waals surface area contributed by atoms with Gasteiger partial charge in [-0.05, 0) is 38.8 Å². The van der Waals surface area contributed by atoms with Gasteiger partial charge in [-0.1, -0.05) is 33.6 Å². The van der Waals surface area contributed by atoms with Crippen LogP contribution in [0.2, 0.25) is 0 Å². The maximum absolute atomic E-state index is 3.69. The van der Waals surface area contributed by atoms with E-state index >= 15 is 0 Å². The lowest BCUT2D eigenvalue weighted by atomic mass is 10.1. The molecule has 2 unspecified atom stereocenters. The lowest BCUT2D eigenvalue weighted by Gasteiger charge is -2.31. The summed E-state index contributed by atoms with van der Waals surface area (Å²) in [6, 6.07) is 1.56. The first-order chi connectivity index (χ1) is 7.81. The van der Waals surface area contributed by atoms with E-state index in [1.165, 1.54) is 58.2 Å². The van der Waals surface area contributed by atoms with Crippen molar-refractivity contribution >= 4 is 0 Å². The van der Waals surface area contributed by atoms with Crippen molar-refractivity contribution in [3.8, 4) is 0 Å². The minimum Gasteiger partial charge on any atom is -0.313 e. The Balaban J connectivity index is 2.48. The summed E-state index contributed by atoms with van der Waals surface area (Å²) in [6.45, 7) is 10.7. The Bertz CT molecular complexity index is 170. The fourth-order valence-corrected chi connectivity index (χ4v) is 2.88. The zero-order valence-electron chi connectivity index (χ0n) is 11.5. The van der Waals surface area contributed by atoms with E-state index in [4.69, 9.17) is 0 Å². The van der Waals surface area contributed by atoms with Crippen LogP contribution >= 0.6 is 0 Å². The Morgan fingerprint density at radius 3 is 2.69 bits per heavy atom. The summed E-state index contributed by atoms with van der Waals surface area (Å²) in [5, 5.41) is 3.69. The molecule has 2 atom stereocenters. The summed E-state index contributed by atoms with van der Waals surface area (Å²) < 4.78 is 0. The summed E-state index contributed by atoms with van der Waals surface area (Å²) in [7, 11) is 0. The Morgan fingerprint density at radius 1 is 1.25 bits per heavy atom. The quantitative estimate of drug-likeness (QED) is 0.749. The predicted octanol–water partition coefficient (Wildman–Crippen LogP) is 3.03. The lowest BCUT2D eigenvalue weighted by Crippen LogP contribution is -2.42. The number of hydrogen-bond donors (Lipinski definition) is 1. The molecule has 0 aromatic rings. The van der Waals surface area contributed by atoms with Gasteiger partial charge in [0.2, 0.25) is 0 Å². The average Bonchev–Trinajstić information content (AvgIpc) is 2.52. The van der Waals surface area contributed by atoms with Crippen LogP contribution in [0.3, 0.4) is 0 Å². The van der Waals surface area contributed by atoms with Gasteiger partial charge in [-0.2, -0.15) is 0 Å². The molecule has 1 aliphatic rings. The molecule has 0 amide bonds. The molecule has 1 N–H and O–H groups in total. The largest absolute Gasteiger partial charge is 0.313 e. The topological polar surface area (TPSA) is 15.3 Å². The fraction of sp³-hybridized carbons (Fsp3) is 1.00. The molecule has 1 rings (SSSR count). The molecule has 1 fully saturated rings. The summed E-state index contributed by atoms with van der Waals surface area (Å²) in [6.07, 6.45) is 7.96. The highest BCUT2D eigenvalue weighted by Crippen LogP contribution is 2.15. The predicted molar refractivity (Wildman–Crippen MR) is 71.9 cm³/mol. The Labute approximate surface area is 102 Å². The Morgan fingerprint density at radius 2 is 2.06 bits per heavy atom. The summed E-state index contributed by atoms with van der Waals surface area (Å²) >= 11 is 0. The van der Waals surface area contributed by atoms with Gasteiger partial charge in [0.1, 0.15) is 0 Å². The molecule has 1 saturated heterocycles. The van der Waals surface area contributed by atoms with Gasteiger partial charge in [-0.3, -0.25) is 4.90 Å². The number of rotatable bonds is 6. The van der Waals surface area contributed by atoms with E-state index in [2.05, 4.69) is 31.0 Å². The van der Waals surface area contributed by atoms with Crippen LogP contribution in [0.4, 0.5) is 0 Å². The lowest BCUT2D eigenvalue weighted by molar-refractivity contribution is 0.175. The zero-order chi connectivity index (χ0) is 11.8. The monoisotopic (exact) mass is 226 g/mol. The third-order valence-electron chi connectivity index (χ3n) is 3.76. The van der Waals surface area contributed by atoms with Crippen LogP contribution in [0.15, 0.2) is 0 Å². The molecule has 0 aromatic heterocycles. The van der Waals surface area contributed by atoms with E-state index in [1.54, 1.807) is 0 Å². The molecule has 0 aliphatic carbocycles. The highest BCUT2D eigenvalue weighted by atomic mass is 15.2. The van der Waals surface area contributed by atoms with Crippen molar-refractivity contribution in [1.82, 2.24) is 10.2 Å². The Kier molecular flexibility index (Phi) is 7.06. The van der Waals surface area contributed by atoms with Crippen LogP contribution in [0.1, 0.15) is 59.3 Å². The van der Waals surface area contributed by atoms with Gasteiger partial charge < -0.3 is 5.32 Å². The molecule has 0 radical (unpaired) electrons. The number of nitrogens with one attached hydrogen (secondary N) is 1. The van der Waals surface area contributed by atoms with Gasteiger partial charge in [-0.25, -0.2) is 0 Å². The molecule has 0 saturated carbocycles. The van der Waals surface area contributed by atoms with E-state index < -0.39 is 0 Å². The third kappa shape index (κ3) is 4.42. The van der Waals surface area contributed by atoms with Gasteiger partial charge in [0, 0.05) is 18.6 Å². The van der Waals surface area contributed by atoms with Crippen LogP contribution in [-0.4, -0.2) is 36.6 Å². The van der Waals surface area contributed by atoms with Gasteiger partial charge >= 0.3 is 0 Å². The van der Waals surface area contributed by atoms with E-state index in [9.17, 15) is 0 Å². The molecular weight excluding hydrogens is 196 g/mol. The van der Waals surface area contributed by atoms with Crippen molar-refractivity contribution < 1.29 is 0 Å². The van der Waals surface area contributed by atoms with Crippen molar-refractivity contribution in [2.45, 2.75) is 71.4 Å². The minimum absolute atomic E-state index is 0.735.